The molecule has 0 bridgehead atoms. The molecular weight excluding hydrogens is 288 g/mol. The third-order valence-electron chi connectivity index (χ3n) is 3.93. The summed E-state index contributed by atoms with van der Waals surface area (Å²) in [5.74, 6) is -0.0661. The van der Waals surface area contributed by atoms with Crippen molar-refractivity contribution in [2.24, 2.45) is 4.99 Å². The largest absolute Gasteiger partial charge is 0.369 e. The number of hydrogen-bond donors (Lipinski definition) is 0. The van der Waals surface area contributed by atoms with Crippen molar-refractivity contribution in [2.45, 2.75) is 19.4 Å². The van der Waals surface area contributed by atoms with E-state index in [4.69, 9.17) is 0 Å². The number of fused-ring (bicyclic) bond motifs is 1. The maximum Gasteiger partial charge on any atom is 0.197 e. The van der Waals surface area contributed by atoms with Gasteiger partial charge in [-0.2, -0.15) is 5.26 Å². The fraction of sp³-hybridized carbons (Fsp3) is 0.278. The third kappa shape index (κ3) is 2.64. The molecule has 0 spiro atoms. The molecule has 0 saturated heterocycles. The highest BCUT2D eigenvalue weighted by Gasteiger charge is 2.30. The van der Waals surface area contributed by atoms with E-state index in [2.05, 4.69) is 11.1 Å². The Kier molecular flexibility index (Phi) is 3.98. The molecule has 5 heteroatoms. The van der Waals surface area contributed by atoms with Gasteiger partial charge in [0.2, 0.25) is 0 Å². The maximum absolute atomic E-state index is 13.0. The number of benzene rings is 1. The second kappa shape index (κ2) is 6.09. The molecule has 5 nitrogen and oxygen atoms in total. The molecule has 3 rings (SSSR count). The zero-order chi connectivity index (χ0) is 16.4. The van der Waals surface area contributed by atoms with E-state index in [1.54, 1.807) is 23.4 Å². The lowest BCUT2D eigenvalue weighted by molar-refractivity contribution is 0.103. The van der Waals surface area contributed by atoms with Crippen molar-refractivity contribution >= 4 is 17.8 Å². The summed E-state index contributed by atoms with van der Waals surface area (Å²) >= 11 is 0. The lowest BCUT2D eigenvalue weighted by Gasteiger charge is -2.05. The highest BCUT2D eigenvalue weighted by atomic mass is 16.1. The van der Waals surface area contributed by atoms with Crippen molar-refractivity contribution in [3.8, 4) is 6.07 Å². The molecule has 0 saturated carbocycles. The predicted octanol–water partition coefficient (Wildman–Crippen LogP) is 2.76. The molecule has 0 aliphatic carbocycles. The van der Waals surface area contributed by atoms with Crippen LogP contribution in [0.1, 0.15) is 33.7 Å². The molecular formula is C18H18N4O. The number of ketones is 1. The molecule has 23 heavy (non-hydrogen) atoms. The van der Waals surface area contributed by atoms with Crippen LogP contribution in [-0.4, -0.2) is 35.7 Å². The molecule has 0 radical (unpaired) electrons. The first-order chi connectivity index (χ1) is 11.1. The van der Waals surface area contributed by atoms with Gasteiger partial charge < -0.3 is 9.47 Å². The summed E-state index contributed by atoms with van der Waals surface area (Å²) in [4.78, 5) is 19.2. The second-order valence-electron chi connectivity index (χ2n) is 5.79. The van der Waals surface area contributed by atoms with Crippen LogP contribution < -0.4 is 0 Å². The van der Waals surface area contributed by atoms with E-state index in [0.29, 0.717) is 22.5 Å². The molecule has 0 fully saturated rings. The number of rotatable bonds is 4. The monoisotopic (exact) mass is 306 g/mol. The minimum absolute atomic E-state index is 0.0661. The Labute approximate surface area is 135 Å². The third-order valence-corrected chi connectivity index (χ3v) is 3.93. The van der Waals surface area contributed by atoms with Crippen molar-refractivity contribution in [2.75, 3.05) is 14.1 Å². The molecule has 0 N–H and O–H groups in total. The van der Waals surface area contributed by atoms with Crippen LogP contribution in [-0.2, 0) is 13.0 Å². The highest BCUT2D eigenvalue weighted by Crippen LogP contribution is 2.36. The number of carbonyl (C=O) groups excluding carboxylic acids is 1. The average Bonchev–Trinajstić information content (AvgIpc) is 3.12. The Hall–Kier alpha value is -2.87. The van der Waals surface area contributed by atoms with Crippen molar-refractivity contribution in [1.82, 2.24) is 9.47 Å². The van der Waals surface area contributed by atoms with Crippen molar-refractivity contribution in [1.29, 1.82) is 5.26 Å². The summed E-state index contributed by atoms with van der Waals surface area (Å²) in [6, 6.07) is 11.4. The number of hydrogen-bond acceptors (Lipinski definition) is 3. The SMILES string of the molecule is CN(C)C=Nc1c(C(=O)c2ccccc2)c2n(c1C#N)CCC2. The Morgan fingerprint density at radius 1 is 1.35 bits per heavy atom. The van der Waals surface area contributed by atoms with E-state index in [-0.39, 0.29) is 5.78 Å². The number of carbonyl (C=O) groups is 1. The van der Waals surface area contributed by atoms with Crippen LogP contribution in [0.15, 0.2) is 35.3 Å². The highest BCUT2D eigenvalue weighted by molar-refractivity contribution is 6.13. The van der Waals surface area contributed by atoms with Crippen molar-refractivity contribution in [3.05, 3.63) is 52.8 Å². The number of aliphatic imine (C=N–C) groups is 1. The summed E-state index contributed by atoms with van der Waals surface area (Å²) in [7, 11) is 3.72. The van der Waals surface area contributed by atoms with Crippen LogP contribution in [0, 0.1) is 11.3 Å². The summed E-state index contributed by atoms with van der Waals surface area (Å²) in [6.07, 6.45) is 3.39. The maximum atomic E-state index is 13.0. The van der Waals surface area contributed by atoms with Gasteiger partial charge in [0.1, 0.15) is 17.5 Å². The molecule has 0 atom stereocenters. The van der Waals surface area contributed by atoms with E-state index < -0.39 is 0 Å². The lowest BCUT2D eigenvalue weighted by Crippen LogP contribution is -2.08. The summed E-state index contributed by atoms with van der Waals surface area (Å²) in [5, 5.41) is 9.54. The van der Waals surface area contributed by atoms with E-state index in [1.807, 2.05) is 36.9 Å². The zero-order valence-electron chi connectivity index (χ0n) is 13.3. The molecule has 2 heterocycles. The molecule has 1 aromatic carbocycles. The molecule has 116 valence electrons. The molecule has 0 amide bonds. The normalized spacial score (nSPS) is 13.1. The minimum atomic E-state index is -0.0661. The van der Waals surface area contributed by atoms with Crippen molar-refractivity contribution in [3.63, 3.8) is 0 Å². The van der Waals surface area contributed by atoms with Gasteiger partial charge in [0.15, 0.2) is 5.78 Å². The van der Waals surface area contributed by atoms with Gasteiger partial charge in [-0.3, -0.25) is 4.79 Å². The van der Waals surface area contributed by atoms with Gasteiger partial charge >= 0.3 is 0 Å². The molecule has 1 aliphatic heterocycles. The quantitative estimate of drug-likeness (QED) is 0.496. The average molecular weight is 306 g/mol. The van der Waals surface area contributed by atoms with Gasteiger partial charge in [0.25, 0.3) is 0 Å². The van der Waals surface area contributed by atoms with Crippen LogP contribution in [0.25, 0.3) is 0 Å². The molecule has 2 aromatic rings. The first-order valence-electron chi connectivity index (χ1n) is 7.59. The van der Waals surface area contributed by atoms with Crippen LogP contribution in [0.3, 0.4) is 0 Å². The van der Waals surface area contributed by atoms with E-state index in [0.717, 1.165) is 25.1 Å². The van der Waals surface area contributed by atoms with Gasteiger partial charge in [-0.1, -0.05) is 30.3 Å². The van der Waals surface area contributed by atoms with Gasteiger partial charge in [-0.15, -0.1) is 0 Å². The zero-order valence-corrected chi connectivity index (χ0v) is 13.3. The van der Waals surface area contributed by atoms with Gasteiger partial charge in [-0.25, -0.2) is 4.99 Å². The second-order valence-corrected chi connectivity index (χ2v) is 5.79. The fourth-order valence-corrected chi connectivity index (χ4v) is 2.95. The Balaban J connectivity index is 2.19. The van der Waals surface area contributed by atoms with Crippen LogP contribution >= 0.6 is 0 Å². The number of nitriles is 1. The Bertz CT molecular complexity index is 810. The van der Waals surface area contributed by atoms with E-state index in [1.165, 1.54) is 0 Å². The smallest absolute Gasteiger partial charge is 0.197 e. The topological polar surface area (TPSA) is 61.4 Å². The minimum Gasteiger partial charge on any atom is -0.369 e. The van der Waals surface area contributed by atoms with Crippen molar-refractivity contribution < 1.29 is 4.79 Å². The summed E-state index contributed by atoms with van der Waals surface area (Å²) in [5.41, 5.74) is 3.10. The first-order valence-corrected chi connectivity index (χ1v) is 7.59. The Morgan fingerprint density at radius 3 is 2.74 bits per heavy atom. The van der Waals surface area contributed by atoms with E-state index in [9.17, 15) is 10.1 Å². The van der Waals surface area contributed by atoms with Crippen LogP contribution in [0.2, 0.25) is 0 Å². The van der Waals surface area contributed by atoms with Gasteiger partial charge in [0.05, 0.1) is 11.9 Å². The molecule has 1 aliphatic rings. The van der Waals surface area contributed by atoms with Crippen LogP contribution in [0.5, 0.6) is 0 Å². The standard InChI is InChI=1S/C18H18N4O/c1-21(2)12-20-17-15(11-19)22-10-6-9-14(22)16(17)18(23)13-7-4-3-5-8-13/h3-5,7-8,12H,6,9-10H2,1-2H3. The molecule has 1 aromatic heterocycles. The van der Waals surface area contributed by atoms with Gasteiger partial charge in [-0.05, 0) is 12.8 Å². The van der Waals surface area contributed by atoms with Gasteiger partial charge in [0, 0.05) is 31.9 Å². The number of nitrogens with zero attached hydrogens (tertiary/aromatic N) is 4. The number of aromatic nitrogens is 1. The van der Waals surface area contributed by atoms with Crippen LogP contribution in [0.4, 0.5) is 5.69 Å². The first kappa shape index (κ1) is 15.0. The Morgan fingerprint density at radius 2 is 2.09 bits per heavy atom. The predicted molar refractivity (Wildman–Crippen MR) is 89.2 cm³/mol. The lowest BCUT2D eigenvalue weighted by atomic mass is 10.0. The fourth-order valence-electron chi connectivity index (χ4n) is 2.95. The van der Waals surface area contributed by atoms with E-state index >= 15 is 0 Å². The molecule has 0 unspecified atom stereocenters. The summed E-state index contributed by atoms with van der Waals surface area (Å²) < 4.78 is 1.94. The summed E-state index contributed by atoms with van der Waals surface area (Å²) in [6.45, 7) is 0.769.